The molecule has 2 rings (SSSR count). The molecule has 2 nitrogen and oxygen atoms in total. The van der Waals surface area contributed by atoms with E-state index in [0.717, 1.165) is 16.9 Å². The van der Waals surface area contributed by atoms with E-state index in [1.54, 1.807) is 23.5 Å². The van der Waals surface area contributed by atoms with E-state index in [1.165, 1.54) is 17.0 Å². The monoisotopic (exact) mass is 301 g/mol. The van der Waals surface area contributed by atoms with Crippen LogP contribution in [0.3, 0.4) is 0 Å². The quantitative estimate of drug-likeness (QED) is 0.916. The van der Waals surface area contributed by atoms with Gasteiger partial charge in [-0.1, -0.05) is 19.1 Å². The third kappa shape index (κ3) is 3.74. The van der Waals surface area contributed by atoms with Gasteiger partial charge in [-0.25, -0.2) is 0 Å². The third-order valence-electron chi connectivity index (χ3n) is 2.81. The molecule has 0 spiro atoms. The highest BCUT2D eigenvalue weighted by Gasteiger charge is 2.31. The number of hydrogen-bond donors (Lipinski definition) is 1. The lowest BCUT2D eigenvalue weighted by molar-refractivity contribution is -0.274. The summed E-state index contributed by atoms with van der Waals surface area (Å²) >= 11 is 1.61. The number of thiophene rings is 1. The van der Waals surface area contributed by atoms with Crippen molar-refractivity contribution in [2.45, 2.75) is 25.7 Å². The number of rotatable bonds is 4. The Morgan fingerprint density at radius 1 is 1.15 bits per heavy atom. The molecule has 0 aliphatic heterocycles. The van der Waals surface area contributed by atoms with Crippen LogP contribution in [-0.4, -0.2) is 6.36 Å². The fourth-order valence-corrected chi connectivity index (χ4v) is 2.78. The van der Waals surface area contributed by atoms with Gasteiger partial charge in [0.15, 0.2) is 0 Å². The van der Waals surface area contributed by atoms with Crippen molar-refractivity contribution in [3.8, 4) is 5.75 Å². The summed E-state index contributed by atoms with van der Waals surface area (Å²) in [6.07, 6.45) is -3.73. The first-order valence-electron chi connectivity index (χ1n) is 6.09. The molecule has 1 aromatic carbocycles. The molecular formula is C14H14F3NOS. The van der Waals surface area contributed by atoms with E-state index in [-0.39, 0.29) is 11.8 Å². The number of aryl methyl sites for hydroxylation is 1. The van der Waals surface area contributed by atoms with E-state index in [0.29, 0.717) is 0 Å². The normalized spacial score (nSPS) is 13.2. The Hall–Kier alpha value is -1.53. The largest absolute Gasteiger partial charge is 0.573 e. The molecule has 2 aromatic rings. The predicted octanol–water partition coefficient (Wildman–Crippen LogP) is 4.26. The number of nitrogens with two attached hydrogens (primary N) is 1. The maximum Gasteiger partial charge on any atom is 0.573 e. The molecule has 0 fully saturated rings. The number of alkyl halides is 3. The molecule has 0 unspecified atom stereocenters. The number of halogens is 3. The first kappa shape index (κ1) is 14.9. The van der Waals surface area contributed by atoms with E-state index in [2.05, 4.69) is 11.7 Å². The van der Waals surface area contributed by atoms with Crippen molar-refractivity contribution in [2.75, 3.05) is 0 Å². The summed E-state index contributed by atoms with van der Waals surface area (Å²) in [6.45, 7) is 2.06. The van der Waals surface area contributed by atoms with Crippen LogP contribution in [0.25, 0.3) is 0 Å². The van der Waals surface area contributed by atoms with Gasteiger partial charge in [-0.2, -0.15) is 0 Å². The number of ether oxygens (including phenoxy) is 1. The lowest BCUT2D eigenvalue weighted by Crippen LogP contribution is -2.17. The Morgan fingerprint density at radius 2 is 1.80 bits per heavy atom. The highest BCUT2D eigenvalue weighted by atomic mass is 32.1. The van der Waals surface area contributed by atoms with Crippen LogP contribution in [0.4, 0.5) is 13.2 Å². The zero-order chi connectivity index (χ0) is 14.8. The molecule has 108 valence electrons. The lowest BCUT2D eigenvalue weighted by Gasteiger charge is -2.12. The molecule has 6 heteroatoms. The first-order valence-corrected chi connectivity index (χ1v) is 6.90. The average molecular weight is 301 g/mol. The third-order valence-corrected chi connectivity index (χ3v) is 4.12. The van der Waals surface area contributed by atoms with E-state index in [4.69, 9.17) is 5.73 Å². The predicted molar refractivity (Wildman–Crippen MR) is 72.9 cm³/mol. The molecule has 0 amide bonds. The molecular weight excluding hydrogens is 287 g/mol. The van der Waals surface area contributed by atoms with Gasteiger partial charge in [0.25, 0.3) is 0 Å². The van der Waals surface area contributed by atoms with E-state index in [9.17, 15) is 13.2 Å². The van der Waals surface area contributed by atoms with Crippen molar-refractivity contribution in [1.29, 1.82) is 0 Å². The van der Waals surface area contributed by atoms with Crippen molar-refractivity contribution in [1.82, 2.24) is 0 Å². The summed E-state index contributed by atoms with van der Waals surface area (Å²) < 4.78 is 40.0. The van der Waals surface area contributed by atoms with Crippen LogP contribution in [-0.2, 0) is 6.42 Å². The summed E-state index contributed by atoms with van der Waals surface area (Å²) in [5, 5.41) is 0. The van der Waals surface area contributed by atoms with Crippen LogP contribution in [0.2, 0.25) is 0 Å². The summed E-state index contributed by atoms with van der Waals surface area (Å²) in [4.78, 5) is 2.22. The Morgan fingerprint density at radius 3 is 2.30 bits per heavy atom. The van der Waals surface area contributed by atoms with Gasteiger partial charge in [0.05, 0.1) is 6.04 Å². The van der Waals surface area contributed by atoms with Crippen LogP contribution >= 0.6 is 11.3 Å². The van der Waals surface area contributed by atoms with Crippen LogP contribution in [0, 0.1) is 0 Å². The topological polar surface area (TPSA) is 35.2 Å². The lowest BCUT2D eigenvalue weighted by atomic mass is 10.1. The summed E-state index contributed by atoms with van der Waals surface area (Å²) in [6, 6.07) is 9.29. The Balaban J connectivity index is 2.13. The van der Waals surface area contributed by atoms with Gasteiger partial charge >= 0.3 is 6.36 Å². The Labute approximate surface area is 119 Å². The molecule has 1 aromatic heterocycles. The van der Waals surface area contributed by atoms with Gasteiger partial charge in [-0.3, -0.25) is 0 Å². The Kier molecular flexibility index (Phi) is 4.35. The van der Waals surface area contributed by atoms with Crippen molar-refractivity contribution in [3.05, 3.63) is 51.7 Å². The minimum atomic E-state index is -4.67. The molecule has 1 atom stereocenters. The summed E-state index contributed by atoms with van der Waals surface area (Å²) in [5.74, 6) is -0.242. The van der Waals surface area contributed by atoms with Crippen molar-refractivity contribution in [3.63, 3.8) is 0 Å². The van der Waals surface area contributed by atoms with Crippen molar-refractivity contribution >= 4 is 11.3 Å². The van der Waals surface area contributed by atoms with Gasteiger partial charge in [0.2, 0.25) is 0 Å². The maximum atomic E-state index is 12.1. The zero-order valence-electron chi connectivity index (χ0n) is 10.8. The van der Waals surface area contributed by atoms with Crippen LogP contribution in [0.5, 0.6) is 5.75 Å². The fourth-order valence-electron chi connectivity index (χ4n) is 1.79. The molecule has 1 heterocycles. The van der Waals surface area contributed by atoms with Crippen LogP contribution < -0.4 is 10.5 Å². The smallest absolute Gasteiger partial charge is 0.406 e. The van der Waals surface area contributed by atoms with E-state index >= 15 is 0 Å². The Bertz CT molecular complexity index is 563. The fraction of sp³-hybridized carbons (Fsp3) is 0.286. The average Bonchev–Trinajstić information content (AvgIpc) is 2.85. The second kappa shape index (κ2) is 5.85. The molecule has 0 saturated carbocycles. The van der Waals surface area contributed by atoms with E-state index < -0.39 is 6.36 Å². The summed E-state index contributed by atoms with van der Waals surface area (Å²) in [7, 11) is 0. The minimum absolute atomic E-state index is 0.242. The molecule has 0 aliphatic carbocycles. The van der Waals surface area contributed by atoms with E-state index in [1.807, 2.05) is 12.1 Å². The first-order chi connectivity index (χ1) is 9.39. The zero-order valence-corrected chi connectivity index (χ0v) is 11.6. The summed E-state index contributed by atoms with van der Waals surface area (Å²) in [5.41, 5.74) is 6.86. The highest BCUT2D eigenvalue weighted by Crippen LogP contribution is 2.29. The van der Waals surface area contributed by atoms with Crippen molar-refractivity contribution in [2.24, 2.45) is 5.73 Å². The number of hydrogen-bond acceptors (Lipinski definition) is 3. The van der Waals surface area contributed by atoms with Gasteiger partial charge in [-0.15, -0.1) is 24.5 Å². The second-order valence-electron chi connectivity index (χ2n) is 4.25. The molecule has 0 bridgehead atoms. The van der Waals surface area contributed by atoms with Crippen LogP contribution in [0.1, 0.15) is 28.3 Å². The number of benzene rings is 1. The van der Waals surface area contributed by atoms with Crippen molar-refractivity contribution < 1.29 is 17.9 Å². The maximum absolute atomic E-state index is 12.1. The van der Waals surface area contributed by atoms with Gasteiger partial charge in [0.1, 0.15) is 5.75 Å². The molecule has 2 N–H and O–H groups in total. The molecule has 0 saturated heterocycles. The molecule has 0 radical (unpaired) electrons. The minimum Gasteiger partial charge on any atom is -0.406 e. The van der Waals surface area contributed by atoms with Gasteiger partial charge in [-0.05, 0) is 36.2 Å². The molecule has 20 heavy (non-hydrogen) atoms. The molecule has 0 aliphatic rings. The highest BCUT2D eigenvalue weighted by molar-refractivity contribution is 7.12. The standard InChI is InChI=1S/C14H14F3NOS/c1-2-11-7-8-12(20-11)13(18)9-3-5-10(6-4-9)19-14(15,16)17/h3-8,13H,2,18H2,1H3/t13-/m1/s1. The second-order valence-corrected chi connectivity index (χ2v) is 5.45. The van der Waals surface area contributed by atoms with Gasteiger partial charge in [0, 0.05) is 9.75 Å². The van der Waals surface area contributed by atoms with Crippen LogP contribution in [0.15, 0.2) is 36.4 Å². The van der Waals surface area contributed by atoms with Gasteiger partial charge < -0.3 is 10.5 Å². The SMILES string of the molecule is CCc1ccc([C@H](N)c2ccc(OC(F)(F)F)cc2)s1.